The maximum Gasteiger partial charge on any atom is 0.279 e. The number of nitrogens with one attached hydrogen (secondary N) is 1. The fourth-order valence-electron chi connectivity index (χ4n) is 2.50. The zero-order valence-electron chi connectivity index (χ0n) is 12.0. The van der Waals surface area contributed by atoms with E-state index in [4.69, 9.17) is 17.3 Å². The Kier molecular flexibility index (Phi) is 6.01. The minimum atomic E-state index is -3.40. The van der Waals surface area contributed by atoms with Crippen LogP contribution in [0.5, 0.6) is 0 Å². The Morgan fingerprint density at radius 2 is 2.05 bits per heavy atom. The maximum atomic E-state index is 12.2. The first-order valence-electron chi connectivity index (χ1n) is 7.20. The largest absolute Gasteiger partial charge is 0.330 e. The molecule has 1 aliphatic heterocycles. The SMILES string of the molecule is NCC1CCCN(S(=O)(=O)NCCc2ccc(Cl)cc2)C1. The molecule has 3 N–H and O–H groups in total. The number of hydrogen-bond acceptors (Lipinski definition) is 3. The van der Waals surface area contributed by atoms with Gasteiger partial charge in [0.25, 0.3) is 10.2 Å². The zero-order chi connectivity index (χ0) is 15.3. The van der Waals surface area contributed by atoms with E-state index < -0.39 is 10.2 Å². The fraction of sp³-hybridized carbons (Fsp3) is 0.571. The van der Waals surface area contributed by atoms with Crippen LogP contribution in [0.4, 0.5) is 0 Å². The second-order valence-corrected chi connectivity index (χ2v) is 7.57. The van der Waals surface area contributed by atoms with Gasteiger partial charge in [0.15, 0.2) is 0 Å². The standard InChI is InChI=1S/C14H22ClN3O2S/c15-14-5-3-12(4-6-14)7-8-17-21(19,20)18-9-1-2-13(10-16)11-18/h3-6,13,17H,1-2,7-11,16H2. The van der Waals surface area contributed by atoms with Gasteiger partial charge in [-0.1, -0.05) is 23.7 Å². The van der Waals surface area contributed by atoms with Gasteiger partial charge < -0.3 is 5.73 Å². The number of benzene rings is 1. The van der Waals surface area contributed by atoms with Gasteiger partial charge in [-0.2, -0.15) is 12.7 Å². The van der Waals surface area contributed by atoms with Crippen LogP contribution in [-0.4, -0.2) is 38.9 Å². The lowest BCUT2D eigenvalue weighted by Crippen LogP contribution is -2.47. The molecule has 21 heavy (non-hydrogen) atoms. The van der Waals surface area contributed by atoms with Gasteiger partial charge in [-0.15, -0.1) is 0 Å². The molecule has 1 saturated heterocycles. The summed E-state index contributed by atoms with van der Waals surface area (Å²) in [6, 6.07) is 7.42. The van der Waals surface area contributed by atoms with Crippen molar-refractivity contribution < 1.29 is 8.42 Å². The highest BCUT2D eigenvalue weighted by Crippen LogP contribution is 2.17. The summed E-state index contributed by atoms with van der Waals surface area (Å²) in [7, 11) is -3.40. The Morgan fingerprint density at radius 1 is 1.33 bits per heavy atom. The summed E-state index contributed by atoms with van der Waals surface area (Å²) in [6.07, 6.45) is 2.53. The van der Waals surface area contributed by atoms with Crippen molar-refractivity contribution in [3.8, 4) is 0 Å². The van der Waals surface area contributed by atoms with Crippen molar-refractivity contribution in [3.05, 3.63) is 34.9 Å². The van der Waals surface area contributed by atoms with E-state index in [1.54, 1.807) is 0 Å². The van der Waals surface area contributed by atoms with Crippen LogP contribution in [0.2, 0.25) is 5.02 Å². The van der Waals surface area contributed by atoms with Crippen LogP contribution in [0.25, 0.3) is 0 Å². The Morgan fingerprint density at radius 3 is 2.71 bits per heavy atom. The summed E-state index contributed by atoms with van der Waals surface area (Å²) >= 11 is 5.82. The predicted molar refractivity (Wildman–Crippen MR) is 85.4 cm³/mol. The van der Waals surface area contributed by atoms with Gasteiger partial charge in [0.05, 0.1) is 0 Å². The molecule has 0 amide bonds. The van der Waals surface area contributed by atoms with Gasteiger partial charge in [0.1, 0.15) is 0 Å². The van der Waals surface area contributed by atoms with Gasteiger partial charge in [0.2, 0.25) is 0 Å². The molecule has 118 valence electrons. The molecule has 0 aromatic heterocycles. The molecule has 1 heterocycles. The van der Waals surface area contributed by atoms with Crippen LogP contribution < -0.4 is 10.5 Å². The third-order valence-corrected chi connectivity index (χ3v) is 5.60. The molecule has 0 bridgehead atoms. The molecule has 2 rings (SSSR count). The lowest BCUT2D eigenvalue weighted by molar-refractivity contribution is 0.269. The third kappa shape index (κ3) is 4.93. The number of rotatable bonds is 6. The minimum absolute atomic E-state index is 0.270. The Hall–Kier alpha value is -0.660. The normalized spacial score (nSPS) is 20.6. The van der Waals surface area contributed by atoms with Crippen molar-refractivity contribution in [2.45, 2.75) is 19.3 Å². The molecule has 1 aromatic carbocycles. The molecule has 1 atom stereocenters. The molecule has 7 heteroatoms. The van der Waals surface area contributed by atoms with Gasteiger partial charge in [-0.3, -0.25) is 0 Å². The van der Waals surface area contributed by atoms with E-state index in [2.05, 4.69) is 4.72 Å². The second-order valence-electron chi connectivity index (χ2n) is 5.38. The fourth-order valence-corrected chi connectivity index (χ4v) is 3.95. The summed E-state index contributed by atoms with van der Waals surface area (Å²) in [5, 5.41) is 0.681. The average molecular weight is 332 g/mol. The van der Waals surface area contributed by atoms with Crippen LogP contribution in [0, 0.1) is 5.92 Å². The first-order chi connectivity index (χ1) is 10.0. The van der Waals surface area contributed by atoms with Crippen molar-refractivity contribution in [2.24, 2.45) is 11.7 Å². The molecule has 0 radical (unpaired) electrons. The summed E-state index contributed by atoms with van der Waals surface area (Å²) in [4.78, 5) is 0. The number of nitrogens with zero attached hydrogens (tertiary/aromatic N) is 1. The smallest absolute Gasteiger partial charge is 0.279 e. The second kappa shape index (κ2) is 7.56. The highest BCUT2D eigenvalue weighted by molar-refractivity contribution is 7.87. The first kappa shape index (κ1) is 16.7. The highest BCUT2D eigenvalue weighted by atomic mass is 35.5. The molecular weight excluding hydrogens is 310 g/mol. The lowest BCUT2D eigenvalue weighted by Gasteiger charge is -2.31. The van der Waals surface area contributed by atoms with Gasteiger partial charge >= 0.3 is 0 Å². The van der Waals surface area contributed by atoms with E-state index in [0.29, 0.717) is 37.6 Å². The van der Waals surface area contributed by atoms with Crippen LogP contribution in [-0.2, 0) is 16.6 Å². The Bertz CT molecular complexity index is 548. The van der Waals surface area contributed by atoms with Crippen LogP contribution in [0.1, 0.15) is 18.4 Å². The molecule has 5 nitrogen and oxygen atoms in total. The molecule has 1 fully saturated rings. The number of piperidine rings is 1. The molecule has 1 unspecified atom stereocenters. The van der Waals surface area contributed by atoms with E-state index >= 15 is 0 Å². The van der Waals surface area contributed by atoms with Crippen molar-refractivity contribution in [2.75, 3.05) is 26.2 Å². The van der Waals surface area contributed by atoms with Crippen molar-refractivity contribution in [1.29, 1.82) is 0 Å². The lowest BCUT2D eigenvalue weighted by atomic mass is 10.0. The Balaban J connectivity index is 1.84. The quantitative estimate of drug-likeness (QED) is 0.827. The topological polar surface area (TPSA) is 75.4 Å². The van der Waals surface area contributed by atoms with Gasteiger partial charge in [-0.25, -0.2) is 4.72 Å². The van der Waals surface area contributed by atoms with E-state index in [1.165, 1.54) is 4.31 Å². The first-order valence-corrected chi connectivity index (χ1v) is 9.02. The van der Waals surface area contributed by atoms with E-state index in [0.717, 1.165) is 18.4 Å². The minimum Gasteiger partial charge on any atom is -0.330 e. The Labute approximate surface area is 131 Å². The average Bonchev–Trinajstić information content (AvgIpc) is 2.49. The number of hydrogen-bond donors (Lipinski definition) is 2. The summed E-state index contributed by atoms with van der Waals surface area (Å²) in [5.41, 5.74) is 6.70. The summed E-state index contributed by atoms with van der Waals surface area (Å²) in [5.74, 6) is 0.270. The zero-order valence-corrected chi connectivity index (χ0v) is 13.5. The molecule has 0 saturated carbocycles. The van der Waals surface area contributed by atoms with Crippen LogP contribution in [0.15, 0.2) is 24.3 Å². The van der Waals surface area contributed by atoms with Crippen molar-refractivity contribution in [1.82, 2.24) is 9.03 Å². The van der Waals surface area contributed by atoms with Crippen LogP contribution >= 0.6 is 11.6 Å². The molecule has 0 spiro atoms. The molecule has 1 aromatic rings. The third-order valence-electron chi connectivity index (χ3n) is 3.77. The highest BCUT2D eigenvalue weighted by Gasteiger charge is 2.27. The predicted octanol–water partition coefficient (Wildman–Crippen LogP) is 1.39. The monoisotopic (exact) mass is 331 g/mol. The number of halogens is 1. The van der Waals surface area contributed by atoms with Gasteiger partial charge in [0, 0.05) is 24.7 Å². The summed E-state index contributed by atoms with van der Waals surface area (Å²) in [6.45, 7) is 2.02. The molecule has 1 aliphatic rings. The molecular formula is C14H22ClN3O2S. The van der Waals surface area contributed by atoms with Crippen LogP contribution in [0.3, 0.4) is 0 Å². The van der Waals surface area contributed by atoms with E-state index in [9.17, 15) is 8.42 Å². The summed E-state index contributed by atoms with van der Waals surface area (Å²) < 4.78 is 28.7. The van der Waals surface area contributed by atoms with Crippen molar-refractivity contribution in [3.63, 3.8) is 0 Å². The van der Waals surface area contributed by atoms with E-state index in [-0.39, 0.29) is 5.92 Å². The van der Waals surface area contributed by atoms with Crippen molar-refractivity contribution >= 4 is 21.8 Å². The number of nitrogens with two attached hydrogens (primary N) is 1. The molecule has 0 aliphatic carbocycles. The maximum absolute atomic E-state index is 12.2. The van der Waals surface area contributed by atoms with E-state index in [1.807, 2.05) is 24.3 Å². The van der Waals surface area contributed by atoms with Gasteiger partial charge in [-0.05, 0) is 49.4 Å².